The van der Waals surface area contributed by atoms with Gasteiger partial charge in [0.05, 0.1) is 12.1 Å². The normalized spacial score (nSPS) is 10.1. The van der Waals surface area contributed by atoms with E-state index in [1.54, 1.807) is 6.92 Å². The van der Waals surface area contributed by atoms with Crippen LogP contribution in [-0.4, -0.2) is 26.0 Å². The zero-order valence-electron chi connectivity index (χ0n) is 9.82. The van der Waals surface area contributed by atoms with E-state index in [0.717, 1.165) is 0 Å². The maximum Gasteiger partial charge on any atom is 0.308 e. The predicted molar refractivity (Wildman–Crippen MR) is 69.1 cm³/mol. The highest BCUT2D eigenvalue weighted by atomic mass is 32.2. The summed E-state index contributed by atoms with van der Waals surface area (Å²) in [4.78, 5) is 23.7. The molecular weight excluding hydrogens is 284 g/mol. The second-order valence-electron chi connectivity index (χ2n) is 3.50. The number of nitrogens with zero attached hydrogens (tertiary/aromatic N) is 4. The van der Waals surface area contributed by atoms with Gasteiger partial charge >= 0.3 is 5.97 Å². The summed E-state index contributed by atoms with van der Waals surface area (Å²) in [6.07, 6.45) is 1.47. The molecule has 19 heavy (non-hydrogen) atoms. The van der Waals surface area contributed by atoms with Gasteiger partial charge in [-0.2, -0.15) is 5.26 Å². The molecule has 0 radical (unpaired) electrons. The molecule has 0 unspecified atom stereocenters. The lowest BCUT2D eigenvalue weighted by atomic mass is 10.3. The molecule has 0 spiro atoms. The van der Waals surface area contributed by atoms with Crippen LogP contribution in [-0.2, 0) is 11.2 Å². The van der Waals surface area contributed by atoms with Crippen LogP contribution in [0, 0.1) is 18.3 Å². The smallest absolute Gasteiger partial charge is 0.308 e. The molecule has 0 aromatic carbocycles. The van der Waals surface area contributed by atoms with Gasteiger partial charge in [-0.05, 0) is 24.8 Å². The van der Waals surface area contributed by atoms with Gasteiger partial charge in [0.2, 0.25) is 0 Å². The van der Waals surface area contributed by atoms with Gasteiger partial charge in [0.15, 0.2) is 9.50 Å². The number of hydrogen-bond donors (Lipinski definition) is 1. The van der Waals surface area contributed by atoms with Crippen molar-refractivity contribution in [1.82, 2.24) is 15.0 Å². The molecule has 2 aromatic heterocycles. The molecule has 0 saturated heterocycles. The highest BCUT2D eigenvalue weighted by molar-refractivity contribution is 8.00. The van der Waals surface area contributed by atoms with Crippen LogP contribution >= 0.6 is 23.1 Å². The van der Waals surface area contributed by atoms with E-state index in [-0.39, 0.29) is 12.1 Å². The number of thiazole rings is 1. The van der Waals surface area contributed by atoms with E-state index in [9.17, 15) is 4.79 Å². The molecule has 0 aliphatic carbocycles. The van der Waals surface area contributed by atoms with Crippen LogP contribution in [0.5, 0.6) is 0 Å². The predicted octanol–water partition coefficient (Wildman–Crippen LogP) is 1.89. The summed E-state index contributed by atoms with van der Waals surface area (Å²) in [5.74, 6) is -0.883. The van der Waals surface area contributed by atoms with E-state index in [2.05, 4.69) is 15.0 Å². The third-order valence-electron chi connectivity index (χ3n) is 2.11. The van der Waals surface area contributed by atoms with E-state index in [1.165, 1.54) is 35.4 Å². The van der Waals surface area contributed by atoms with Crippen molar-refractivity contribution in [2.24, 2.45) is 0 Å². The lowest BCUT2D eigenvalue weighted by Crippen LogP contribution is -1.99. The Labute approximate surface area is 117 Å². The average Bonchev–Trinajstić information content (AvgIpc) is 2.69. The van der Waals surface area contributed by atoms with E-state index < -0.39 is 5.97 Å². The van der Waals surface area contributed by atoms with Crippen LogP contribution in [0.15, 0.2) is 21.8 Å². The molecule has 0 amide bonds. The molecule has 8 heteroatoms. The summed E-state index contributed by atoms with van der Waals surface area (Å²) in [6.45, 7) is 1.77. The summed E-state index contributed by atoms with van der Waals surface area (Å²) in [5, 5.41) is 17.9. The van der Waals surface area contributed by atoms with Gasteiger partial charge in [0, 0.05) is 11.1 Å². The summed E-state index contributed by atoms with van der Waals surface area (Å²) < 4.78 is 0.670. The second kappa shape index (κ2) is 5.77. The minimum absolute atomic E-state index is 0.0385. The molecule has 0 aliphatic rings. The largest absolute Gasteiger partial charge is 0.481 e. The first-order valence-electron chi connectivity index (χ1n) is 5.17. The van der Waals surface area contributed by atoms with E-state index in [1.807, 2.05) is 6.07 Å². The van der Waals surface area contributed by atoms with Gasteiger partial charge in [-0.1, -0.05) is 0 Å². The van der Waals surface area contributed by atoms with Crippen molar-refractivity contribution in [3.8, 4) is 6.07 Å². The SMILES string of the molecule is Cc1nc(Sc2nccc(C#N)n2)sc1CC(=O)O. The third-order valence-corrected chi connectivity index (χ3v) is 4.21. The number of hydrogen-bond acceptors (Lipinski definition) is 7. The first-order chi connectivity index (χ1) is 9.08. The highest BCUT2D eigenvalue weighted by Crippen LogP contribution is 2.31. The van der Waals surface area contributed by atoms with Gasteiger partial charge < -0.3 is 5.11 Å². The molecule has 1 N–H and O–H groups in total. The molecule has 0 aliphatic heterocycles. The summed E-state index contributed by atoms with van der Waals surface area (Å²) >= 11 is 2.52. The number of nitriles is 1. The maximum atomic E-state index is 10.7. The molecule has 2 aromatic rings. The Bertz CT molecular complexity index is 663. The van der Waals surface area contributed by atoms with Crippen molar-refractivity contribution in [3.63, 3.8) is 0 Å². The lowest BCUT2D eigenvalue weighted by molar-refractivity contribution is -0.136. The minimum atomic E-state index is -0.883. The maximum absolute atomic E-state index is 10.7. The number of carboxylic acid groups (broad SMARTS) is 1. The fourth-order valence-corrected chi connectivity index (χ4v) is 3.35. The van der Waals surface area contributed by atoms with Gasteiger partial charge in [-0.15, -0.1) is 11.3 Å². The second-order valence-corrected chi connectivity index (χ2v) is 5.80. The number of rotatable bonds is 4. The molecule has 6 nitrogen and oxygen atoms in total. The van der Waals surface area contributed by atoms with E-state index in [0.29, 0.717) is 20.1 Å². The van der Waals surface area contributed by atoms with Crippen molar-refractivity contribution in [1.29, 1.82) is 5.26 Å². The fourth-order valence-electron chi connectivity index (χ4n) is 1.28. The van der Waals surface area contributed by atoms with Crippen molar-refractivity contribution < 1.29 is 9.90 Å². The van der Waals surface area contributed by atoms with Crippen LogP contribution in [0.25, 0.3) is 0 Å². The first-order valence-corrected chi connectivity index (χ1v) is 6.81. The zero-order valence-corrected chi connectivity index (χ0v) is 11.5. The number of aliphatic carboxylic acids is 1. The minimum Gasteiger partial charge on any atom is -0.481 e. The Kier molecular flexibility index (Phi) is 4.09. The standard InChI is InChI=1S/C11H8N4O2S2/c1-6-8(4-9(16)17)18-11(14-6)19-10-13-3-2-7(5-12)15-10/h2-3H,4H2,1H3,(H,16,17). The Morgan fingerprint density at radius 3 is 3.05 bits per heavy atom. The fraction of sp³-hybridized carbons (Fsp3) is 0.182. The Morgan fingerprint density at radius 1 is 1.58 bits per heavy atom. The molecular formula is C11H8N4O2S2. The molecule has 0 saturated carbocycles. The van der Waals surface area contributed by atoms with Crippen LogP contribution in [0.3, 0.4) is 0 Å². The van der Waals surface area contributed by atoms with Crippen molar-refractivity contribution in [2.75, 3.05) is 0 Å². The van der Waals surface area contributed by atoms with Crippen LogP contribution in [0.4, 0.5) is 0 Å². The number of aryl methyl sites for hydroxylation is 1. The first kappa shape index (κ1) is 13.5. The van der Waals surface area contributed by atoms with Gasteiger partial charge in [-0.25, -0.2) is 15.0 Å². The van der Waals surface area contributed by atoms with E-state index in [4.69, 9.17) is 10.4 Å². The van der Waals surface area contributed by atoms with Crippen LogP contribution in [0.2, 0.25) is 0 Å². The summed E-state index contributed by atoms with van der Waals surface area (Å²) in [6, 6.07) is 3.46. The Balaban J connectivity index is 2.19. The monoisotopic (exact) mass is 292 g/mol. The van der Waals surface area contributed by atoms with Crippen LogP contribution < -0.4 is 0 Å². The molecule has 0 atom stereocenters. The third kappa shape index (κ3) is 3.49. The number of aromatic nitrogens is 3. The number of carbonyl (C=O) groups is 1. The molecule has 2 heterocycles. The molecule has 96 valence electrons. The average molecular weight is 292 g/mol. The molecule has 0 fully saturated rings. The highest BCUT2D eigenvalue weighted by Gasteiger charge is 2.13. The van der Waals surface area contributed by atoms with Gasteiger partial charge in [0.25, 0.3) is 0 Å². The van der Waals surface area contributed by atoms with Crippen LogP contribution in [0.1, 0.15) is 16.3 Å². The lowest BCUT2D eigenvalue weighted by Gasteiger charge is -1.95. The number of carboxylic acids is 1. The zero-order chi connectivity index (χ0) is 13.8. The van der Waals surface area contributed by atoms with E-state index >= 15 is 0 Å². The quantitative estimate of drug-likeness (QED) is 0.859. The van der Waals surface area contributed by atoms with Crippen molar-refractivity contribution in [3.05, 3.63) is 28.5 Å². The van der Waals surface area contributed by atoms with Crippen molar-refractivity contribution >= 4 is 29.1 Å². The van der Waals surface area contributed by atoms with Gasteiger partial charge in [-0.3, -0.25) is 4.79 Å². The molecule has 0 bridgehead atoms. The summed E-state index contributed by atoms with van der Waals surface area (Å²) in [7, 11) is 0. The van der Waals surface area contributed by atoms with Gasteiger partial charge in [0.1, 0.15) is 11.8 Å². The van der Waals surface area contributed by atoms with Crippen molar-refractivity contribution in [2.45, 2.75) is 22.8 Å². The summed E-state index contributed by atoms with van der Waals surface area (Å²) in [5.41, 5.74) is 0.989. The Morgan fingerprint density at radius 2 is 2.37 bits per heavy atom. The Hall–Kier alpha value is -1.98. The molecule has 2 rings (SSSR count). The topological polar surface area (TPSA) is 99.8 Å².